The molecule has 1 rings (SSSR count). The first-order valence-electron chi connectivity index (χ1n) is 5.38. The van der Waals surface area contributed by atoms with E-state index in [2.05, 4.69) is 4.72 Å². The third-order valence-corrected chi connectivity index (χ3v) is 3.76. The van der Waals surface area contributed by atoms with Crippen molar-refractivity contribution >= 4 is 21.6 Å². The first kappa shape index (κ1) is 14.5. The maximum absolute atomic E-state index is 11.8. The van der Waals surface area contributed by atoms with Crippen molar-refractivity contribution in [3.8, 4) is 0 Å². The van der Waals surface area contributed by atoms with Gasteiger partial charge >= 0.3 is 0 Å². The molecule has 0 fully saturated rings. The molecule has 100 valence electrons. The van der Waals surface area contributed by atoms with Crippen LogP contribution in [0.3, 0.4) is 0 Å². The molecular formula is C11H17N3O3S. The van der Waals surface area contributed by atoms with Crippen molar-refractivity contribution in [3.63, 3.8) is 0 Å². The van der Waals surface area contributed by atoms with Crippen molar-refractivity contribution in [2.24, 2.45) is 0 Å². The van der Waals surface area contributed by atoms with Gasteiger partial charge in [0.05, 0.1) is 4.90 Å². The van der Waals surface area contributed by atoms with E-state index in [1.807, 2.05) is 0 Å². The molecule has 0 saturated carbocycles. The number of nitrogens with one attached hydrogen (secondary N) is 1. The van der Waals surface area contributed by atoms with Gasteiger partial charge in [-0.1, -0.05) is 6.07 Å². The van der Waals surface area contributed by atoms with Gasteiger partial charge in [0.15, 0.2) is 0 Å². The number of hydrogen-bond acceptors (Lipinski definition) is 4. The molecule has 0 atom stereocenters. The number of anilines is 1. The smallest absolute Gasteiger partial charge is 0.240 e. The fourth-order valence-corrected chi connectivity index (χ4v) is 2.37. The highest BCUT2D eigenvalue weighted by molar-refractivity contribution is 7.89. The Labute approximate surface area is 107 Å². The minimum absolute atomic E-state index is 0.0636. The largest absolute Gasteiger partial charge is 0.399 e. The summed E-state index contributed by atoms with van der Waals surface area (Å²) in [6.45, 7) is 0.0636. The fourth-order valence-electron chi connectivity index (χ4n) is 1.28. The molecule has 0 radical (unpaired) electrons. The Morgan fingerprint density at radius 2 is 2.06 bits per heavy atom. The first-order chi connectivity index (χ1) is 8.33. The number of nitrogens with zero attached hydrogens (tertiary/aromatic N) is 1. The summed E-state index contributed by atoms with van der Waals surface area (Å²) < 4.78 is 26.0. The average molecular weight is 271 g/mol. The Balaban J connectivity index is 2.64. The van der Waals surface area contributed by atoms with Gasteiger partial charge in [0, 0.05) is 32.7 Å². The van der Waals surface area contributed by atoms with E-state index in [0.717, 1.165) is 0 Å². The van der Waals surface area contributed by atoms with Gasteiger partial charge in [0.1, 0.15) is 0 Å². The van der Waals surface area contributed by atoms with Crippen LogP contribution in [-0.2, 0) is 14.8 Å². The molecule has 1 aromatic rings. The highest BCUT2D eigenvalue weighted by Gasteiger charge is 2.14. The van der Waals surface area contributed by atoms with Crippen LogP contribution in [0.25, 0.3) is 0 Å². The number of amides is 1. The number of sulfonamides is 1. The van der Waals surface area contributed by atoms with Crippen LogP contribution in [0.1, 0.15) is 6.42 Å². The Morgan fingerprint density at radius 1 is 1.39 bits per heavy atom. The quantitative estimate of drug-likeness (QED) is 0.739. The van der Waals surface area contributed by atoms with E-state index in [9.17, 15) is 13.2 Å². The van der Waals surface area contributed by atoms with Gasteiger partial charge < -0.3 is 10.6 Å². The van der Waals surface area contributed by atoms with Crippen molar-refractivity contribution < 1.29 is 13.2 Å². The molecule has 0 aliphatic heterocycles. The lowest BCUT2D eigenvalue weighted by Crippen LogP contribution is -2.30. The van der Waals surface area contributed by atoms with E-state index in [0.29, 0.717) is 5.69 Å². The summed E-state index contributed by atoms with van der Waals surface area (Å²) in [7, 11) is -0.365. The zero-order valence-electron chi connectivity index (χ0n) is 10.4. The second-order valence-corrected chi connectivity index (χ2v) is 5.78. The molecule has 1 aromatic carbocycles. The van der Waals surface area contributed by atoms with Gasteiger partial charge in [-0.3, -0.25) is 4.79 Å². The standard InChI is InChI=1S/C11H17N3O3S/c1-14(2)11(15)6-7-13-18(16,17)10-5-3-4-9(12)8-10/h3-5,8,13H,6-7,12H2,1-2H3. The van der Waals surface area contributed by atoms with E-state index in [1.165, 1.54) is 17.0 Å². The molecule has 6 nitrogen and oxygen atoms in total. The van der Waals surface area contributed by atoms with E-state index < -0.39 is 10.0 Å². The lowest BCUT2D eigenvalue weighted by atomic mass is 10.3. The second kappa shape index (κ2) is 5.83. The van der Waals surface area contributed by atoms with E-state index >= 15 is 0 Å². The predicted octanol–water partition coefficient (Wildman–Crippen LogP) is 0.0254. The molecule has 0 aromatic heterocycles. The van der Waals surface area contributed by atoms with Crippen LogP contribution in [0.2, 0.25) is 0 Å². The van der Waals surface area contributed by atoms with Crippen LogP contribution in [0.15, 0.2) is 29.2 Å². The summed E-state index contributed by atoms with van der Waals surface area (Å²) in [4.78, 5) is 12.8. The number of nitrogens with two attached hydrogens (primary N) is 1. The zero-order chi connectivity index (χ0) is 13.8. The van der Waals surface area contributed by atoms with Gasteiger partial charge in [-0.25, -0.2) is 13.1 Å². The number of rotatable bonds is 5. The van der Waals surface area contributed by atoms with Crippen LogP contribution in [0.5, 0.6) is 0 Å². The average Bonchev–Trinajstić information content (AvgIpc) is 2.28. The van der Waals surface area contributed by atoms with E-state index in [-0.39, 0.29) is 23.8 Å². The van der Waals surface area contributed by atoms with Crippen molar-refractivity contribution in [1.82, 2.24) is 9.62 Å². The summed E-state index contributed by atoms with van der Waals surface area (Å²) in [5, 5.41) is 0. The topological polar surface area (TPSA) is 92.5 Å². The van der Waals surface area contributed by atoms with Crippen LogP contribution in [-0.4, -0.2) is 39.9 Å². The highest BCUT2D eigenvalue weighted by Crippen LogP contribution is 2.12. The molecule has 0 saturated heterocycles. The highest BCUT2D eigenvalue weighted by atomic mass is 32.2. The number of hydrogen-bond donors (Lipinski definition) is 2. The van der Waals surface area contributed by atoms with E-state index in [4.69, 9.17) is 5.73 Å². The van der Waals surface area contributed by atoms with Gasteiger partial charge in [0.2, 0.25) is 15.9 Å². The van der Waals surface area contributed by atoms with Crippen molar-refractivity contribution in [2.45, 2.75) is 11.3 Å². The Kier molecular flexibility index (Phi) is 4.69. The maximum Gasteiger partial charge on any atom is 0.240 e. The summed E-state index contributed by atoms with van der Waals surface area (Å²) >= 11 is 0. The van der Waals surface area contributed by atoms with Gasteiger partial charge in [-0.15, -0.1) is 0 Å². The van der Waals surface area contributed by atoms with Crippen molar-refractivity contribution in [3.05, 3.63) is 24.3 Å². The molecule has 3 N–H and O–H groups in total. The Bertz CT molecular complexity index is 526. The summed E-state index contributed by atoms with van der Waals surface area (Å²) in [6, 6.07) is 5.99. The molecular weight excluding hydrogens is 254 g/mol. The SMILES string of the molecule is CN(C)C(=O)CCNS(=O)(=O)c1cccc(N)c1. The summed E-state index contributed by atoms with van der Waals surface area (Å²) in [6.07, 6.45) is 0.120. The number of carbonyl (C=O) groups is 1. The van der Waals surface area contributed by atoms with Crippen LogP contribution >= 0.6 is 0 Å². The lowest BCUT2D eigenvalue weighted by Gasteiger charge is -2.11. The van der Waals surface area contributed by atoms with Crippen LogP contribution < -0.4 is 10.5 Å². The van der Waals surface area contributed by atoms with Crippen molar-refractivity contribution in [1.29, 1.82) is 0 Å². The molecule has 18 heavy (non-hydrogen) atoms. The predicted molar refractivity (Wildman–Crippen MR) is 69.4 cm³/mol. The Hall–Kier alpha value is -1.60. The number of nitrogen functional groups attached to an aromatic ring is 1. The minimum Gasteiger partial charge on any atom is -0.399 e. The Morgan fingerprint density at radius 3 is 2.61 bits per heavy atom. The molecule has 0 heterocycles. The van der Waals surface area contributed by atoms with Gasteiger partial charge in [-0.2, -0.15) is 0 Å². The first-order valence-corrected chi connectivity index (χ1v) is 6.86. The van der Waals surface area contributed by atoms with E-state index in [1.54, 1.807) is 26.2 Å². The second-order valence-electron chi connectivity index (χ2n) is 4.01. The summed E-state index contributed by atoms with van der Waals surface area (Å²) in [5.41, 5.74) is 5.90. The molecule has 0 unspecified atom stereocenters. The molecule has 1 amide bonds. The minimum atomic E-state index is -3.60. The number of benzene rings is 1. The maximum atomic E-state index is 11.8. The lowest BCUT2D eigenvalue weighted by molar-refractivity contribution is -0.128. The number of carbonyl (C=O) groups excluding carboxylic acids is 1. The zero-order valence-corrected chi connectivity index (χ0v) is 11.2. The normalized spacial score (nSPS) is 11.2. The molecule has 0 bridgehead atoms. The van der Waals surface area contributed by atoms with Crippen LogP contribution in [0, 0.1) is 0 Å². The molecule has 0 aliphatic rings. The molecule has 7 heteroatoms. The van der Waals surface area contributed by atoms with Gasteiger partial charge in [-0.05, 0) is 18.2 Å². The van der Waals surface area contributed by atoms with Gasteiger partial charge in [0.25, 0.3) is 0 Å². The fraction of sp³-hybridized carbons (Fsp3) is 0.364. The third-order valence-electron chi connectivity index (χ3n) is 2.30. The monoisotopic (exact) mass is 271 g/mol. The van der Waals surface area contributed by atoms with Crippen LogP contribution in [0.4, 0.5) is 5.69 Å². The molecule has 0 spiro atoms. The summed E-state index contributed by atoms with van der Waals surface area (Å²) in [5.74, 6) is -0.134. The van der Waals surface area contributed by atoms with Crippen molar-refractivity contribution in [2.75, 3.05) is 26.4 Å². The third kappa shape index (κ3) is 4.01. The molecule has 0 aliphatic carbocycles.